The van der Waals surface area contributed by atoms with Gasteiger partial charge in [-0.15, -0.1) is 0 Å². The standard InChI is InChI=1S/C10H17NO3/c12-10(13)11-8(9-6-14-9)5-7-3-1-2-4-7/h7-9,11H,1-6H2,(H,12,13)/t8-,9+/m0/s1. The van der Waals surface area contributed by atoms with Crippen molar-refractivity contribution in [3.8, 4) is 0 Å². The van der Waals surface area contributed by atoms with Crippen molar-refractivity contribution < 1.29 is 14.6 Å². The fourth-order valence-corrected chi connectivity index (χ4v) is 2.36. The first-order valence-electron chi connectivity index (χ1n) is 5.37. The molecule has 2 N–H and O–H groups in total. The van der Waals surface area contributed by atoms with E-state index in [0.717, 1.165) is 13.0 Å². The van der Waals surface area contributed by atoms with Gasteiger partial charge in [0.1, 0.15) is 6.10 Å². The molecule has 1 amide bonds. The molecule has 1 aliphatic heterocycles. The number of amides is 1. The second kappa shape index (κ2) is 4.17. The molecule has 1 aliphatic carbocycles. The first-order chi connectivity index (χ1) is 6.75. The molecule has 14 heavy (non-hydrogen) atoms. The van der Waals surface area contributed by atoms with Crippen LogP contribution in [0.2, 0.25) is 0 Å². The minimum atomic E-state index is -0.927. The van der Waals surface area contributed by atoms with Gasteiger partial charge in [0.25, 0.3) is 0 Å². The highest BCUT2D eigenvalue weighted by molar-refractivity contribution is 5.65. The Balaban J connectivity index is 1.80. The first kappa shape index (κ1) is 9.77. The van der Waals surface area contributed by atoms with E-state index < -0.39 is 6.09 Å². The van der Waals surface area contributed by atoms with Crippen LogP contribution in [0.3, 0.4) is 0 Å². The Kier molecular flexibility index (Phi) is 2.91. The van der Waals surface area contributed by atoms with Crippen LogP contribution < -0.4 is 5.32 Å². The normalized spacial score (nSPS) is 28.7. The molecule has 2 fully saturated rings. The van der Waals surface area contributed by atoms with Crippen LogP contribution in [-0.2, 0) is 4.74 Å². The molecule has 0 unspecified atom stereocenters. The predicted molar refractivity (Wildman–Crippen MR) is 51.3 cm³/mol. The fraction of sp³-hybridized carbons (Fsp3) is 0.900. The fourth-order valence-electron chi connectivity index (χ4n) is 2.36. The van der Waals surface area contributed by atoms with Crippen molar-refractivity contribution in [3.05, 3.63) is 0 Å². The summed E-state index contributed by atoms with van der Waals surface area (Å²) in [6, 6.07) is 0.0237. The summed E-state index contributed by atoms with van der Waals surface area (Å²) in [6.07, 6.45) is 5.29. The minimum Gasteiger partial charge on any atom is -0.465 e. The Morgan fingerprint density at radius 2 is 2.14 bits per heavy atom. The second-order valence-electron chi connectivity index (χ2n) is 4.31. The number of epoxide rings is 1. The van der Waals surface area contributed by atoms with Gasteiger partial charge in [0.15, 0.2) is 0 Å². The third-order valence-electron chi connectivity index (χ3n) is 3.18. The molecule has 0 radical (unpaired) electrons. The second-order valence-corrected chi connectivity index (χ2v) is 4.31. The molecule has 4 nitrogen and oxygen atoms in total. The van der Waals surface area contributed by atoms with Gasteiger partial charge < -0.3 is 15.2 Å². The van der Waals surface area contributed by atoms with Gasteiger partial charge in [-0.05, 0) is 12.3 Å². The maximum absolute atomic E-state index is 10.5. The summed E-state index contributed by atoms with van der Waals surface area (Å²) in [5.41, 5.74) is 0. The zero-order valence-electron chi connectivity index (χ0n) is 8.24. The van der Waals surface area contributed by atoms with Crippen molar-refractivity contribution in [1.82, 2.24) is 5.32 Å². The lowest BCUT2D eigenvalue weighted by molar-refractivity contribution is 0.182. The SMILES string of the molecule is O=C(O)N[C@@H](CC1CCCC1)[C@H]1CO1. The van der Waals surface area contributed by atoms with E-state index in [1.165, 1.54) is 25.7 Å². The van der Waals surface area contributed by atoms with Crippen LogP contribution in [-0.4, -0.2) is 30.0 Å². The summed E-state index contributed by atoms with van der Waals surface area (Å²) in [7, 11) is 0. The van der Waals surface area contributed by atoms with Crippen molar-refractivity contribution in [3.63, 3.8) is 0 Å². The molecule has 0 aromatic rings. The van der Waals surface area contributed by atoms with E-state index >= 15 is 0 Å². The van der Waals surface area contributed by atoms with Gasteiger partial charge in [0, 0.05) is 0 Å². The zero-order chi connectivity index (χ0) is 9.97. The summed E-state index contributed by atoms with van der Waals surface area (Å²) in [4.78, 5) is 10.5. The average molecular weight is 199 g/mol. The number of rotatable bonds is 4. The maximum Gasteiger partial charge on any atom is 0.404 e. The van der Waals surface area contributed by atoms with Crippen LogP contribution in [0.25, 0.3) is 0 Å². The molecule has 1 saturated heterocycles. The van der Waals surface area contributed by atoms with Gasteiger partial charge >= 0.3 is 6.09 Å². The third-order valence-corrected chi connectivity index (χ3v) is 3.18. The minimum absolute atomic E-state index is 0.0237. The molecule has 1 heterocycles. The summed E-state index contributed by atoms with van der Waals surface area (Å²) in [5, 5.41) is 11.2. The molecule has 4 heteroatoms. The van der Waals surface area contributed by atoms with E-state index in [4.69, 9.17) is 9.84 Å². The lowest BCUT2D eigenvalue weighted by Crippen LogP contribution is -2.39. The van der Waals surface area contributed by atoms with Gasteiger partial charge in [-0.2, -0.15) is 0 Å². The highest BCUT2D eigenvalue weighted by atomic mass is 16.6. The Bertz CT molecular complexity index is 209. The van der Waals surface area contributed by atoms with Gasteiger partial charge in [-0.25, -0.2) is 4.79 Å². The molecule has 0 aromatic heterocycles. The lowest BCUT2D eigenvalue weighted by atomic mass is 9.97. The number of hydrogen-bond donors (Lipinski definition) is 2. The molecule has 2 rings (SSSR count). The van der Waals surface area contributed by atoms with Crippen molar-refractivity contribution in [2.24, 2.45) is 5.92 Å². The smallest absolute Gasteiger partial charge is 0.404 e. The van der Waals surface area contributed by atoms with Gasteiger partial charge in [0.05, 0.1) is 12.6 Å². The van der Waals surface area contributed by atoms with E-state index in [-0.39, 0.29) is 12.1 Å². The highest BCUT2D eigenvalue weighted by Crippen LogP contribution is 2.31. The van der Waals surface area contributed by atoms with E-state index in [0.29, 0.717) is 5.92 Å². The van der Waals surface area contributed by atoms with Crippen molar-refractivity contribution in [2.45, 2.75) is 44.2 Å². The van der Waals surface area contributed by atoms with Crippen LogP contribution in [0.1, 0.15) is 32.1 Å². The third kappa shape index (κ3) is 2.61. The summed E-state index contributed by atoms with van der Waals surface area (Å²) >= 11 is 0. The number of carboxylic acid groups (broad SMARTS) is 1. The zero-order valence-corrected chi connectivity index (χ0v) is 8.24. The van der Waals surface area contributed by atoms with E-state index in [1.807, 2.05) is 0 Å². The Morgan fingerprint density at radius 1 is 1.50 bits per heavy atom. The molecule has 2 aliphatic rings. The molecule has 0 bridgehead atoms. The monoisotopic (exact) mass is 199 g/mol. The Morgan fingerprint density at radius 3 is 2.64 bits per heavy atom. The van der Waals surface area contributed by atoms with Crippen LogP contribution in [0.4, 0.5) is 4.79 Å². The maximum atomic E-state index is 10.5. The largest absolute Gasteiger partial charge is 0.465 e. The molecular formula is C10H17NO3. The molecule has 1 saturated carbocycles. The summed E-state index contributed by atoms with van der Waals surface area (Å²) in [5.74, 6) is 0.705. The van der Waals surface area contributed by atoms with Gasteiger partial charge in [0.2, 0.25) is 0 Å². The Hall–Kier alpha value is -0.770. The van der Waals surface area contributed by atoms with Crippen LogP contribution in [0.5, 0.6) is 0 Å². The van der Waals surface area contributed by atoms with Crippen LogP contribution in [0.15, 0.2) is 0 Å². The number of nitrogens with one attached hydrogen (secondary N) is 1. The van der Waals surface area contributed by atoms with Crippen LogP contribution in [0, 0.1) is 5.92 Å². The first-order valence-corrected chi connectivity index (χ1v) is 5.37. The van der Waals surface area contributed by atoms with E-state index in [1.54, 1.807) is 0 Å². The topological polar surface area (TPSA) is 61.9 Å². The van der Waals surface area contributed by atoms with Gasteiger partial charge in [-0.3, -0.25) is 0 Å². The lowest BCUT2D eigenvalue weighted by Gasteiger charge is -2.18. The average Bonchev–Trinajstić information content (AvgIpc) is 2.85. The molecule has 0 spiro atoms. The summed E-state index contributed by atoms with van der Waals surface area (Å²) in [6.45, 7) is 0.720. The van der Waals surface area contributed by atoms with Crippen LogP contribution >= 0.6 is 0 Å². The quantitative estimate of drug-likeness (QED) is 0.676. The Labute approximate surface area is 83.6 Å². The number of ether oxygens (including phenoxy) is 1. The van der Waals surface area contributed by atoms with E-state index in [9.17, 15) is 4.79 Å². The summed E-state index contributed by atoms with van der Waals surface area (Å²) < 4.78 is 5.16. The molecule has 80 valence electrons. The van der Waals surface area contributed by atoms with Crippen molar-refractivity contribution in [1.29, 1.82) is 0 Å². The molecule has 2 atom stereocenters. The van der Waals surface area contributed by atoms with Gasteiger partial charge in [-0.1, -0.05) is 25.7 Å². The van der Waals surface area contributed by atoms with Crippen molar-refractivity contribution >= 4 is 6.09 Å². The van der Waals surface area contributed by atoms with Crippen molar-refractivity contribution in [2.75, 3.05) is 6.61 Å². The predicted octanol–water partition coefficient (Wildman–Crippen LogP) is 1.60. The number of hydrogen-bond acceptors (Lipinski definition) is 2. The van der Waals surface area contributed by atoms with E-state index in [2.05, 4.69) is 5.32 Å². The number of carbonyl (C=O) groups is 1. The molecular weight excluding hydrogens is 182 g/mol. The highest BCUT2D eigenvalue weighted by Gasteiger charge is 2.35. The molecule has 0 aromatic carbocycles.